The minimum Gasteiger partial charge on any atom is -0.326 e. The van der Waals surface area contributed by atoms with Gasteiger partial charge in [-0.1, -0.05) is 53.5 Å². The topological polar surface area (TPSA) is 17.8 Å². The summed E-state index contributed by atoms with van der Waals surface area (Å²) in [7, 11) is 0. The van der Waals surface area contributed by atoms with Crippen molar-refractivity contribution in [2.24, 2.45) is 0 Å². The Morgan fingerprint density at radius 3 is 2.50 bits per heavy atom. The van der Waals surface area contributed by atoms with E-state index in [4.69, 9.17) is 23.2 Å². The highest BCUT2D eigenvalue weighted by atomic mass is 35.5. The highest BCUT2D eigenvalue weighted by Crippen LogP contribution is 2.27. The van der Waals surface area contributed by atoms with Gasteiger partial charge in [0.05, 0.1) is 27.4 Å². The number of imidazole rings is 1. The lowest BCUT2D eigenvalue weighted by molar-refractivity contribution is 0.824. The maximum atomic E-state index is 6.05. The molecular formula is C14H10Cl2N2. The molecule has 3 aromatic rings. The average Bonchev–Trinajstić information content (AvgIpc) is 2.74. The third kappa shape index (κ3) is 2.09. The molecular weight excluding hydrogens is 267 g/mol. The van der Waals surface area contributed by atoms with E-state index in [1.807, 2.05) is 30.6 Å². The maximum absolute atomic E-state index is 6.05. The fraction of sp³-hybridized carbons (Fsp3) is 0.0714. The highest BCUT2D eigenvalue weighted by Gasteiger charge is 2.07. The Bertz CT molecular complexity index is 690. The molecule has 0 saturated heterocycles. The molecule has 0 aliphatic rings. The molecule has 0 atom stereocenters. The number of hydrogen-bond donors (Lipinski definition) is 0. The highest BCUT2D eigenvalue weighted by molar-refractivity contribution is 6.42. The Morgan fingerprint density at radius 2 is 1.72 bits per heavy atom. The van der Waals surface area contributed by atoms with E-state index in [1.54, 1.807) is 6.07 Å². The van der Waals surface area contributed by atoms with Gasteiger partial charge in [-0.15, -0.1) is 0 Å². The van der Waals surface area contributed by atoms with Crippen LogP contribution in [-0.4, -0.2) is 9.55 Å². The zero-order valence-electron chi connectivity index (χ0n) is 9.48. The molecule has 0 N–H and O–H groups in total. The number of hydrogen-bond acceptors (Lipinski definition) is 1. The second-order valence-electron chi connectivity index (χ2n) is 4.11. The number of benzene rings is 2. The van der Waals surface area contributed by atoms with Gasteiger partial charge in [0.25, 0.3) is 0 Å². The van der Waals surface area contributed by atoms with Crippen molar-refractivity contribution in [3.8, 4) is 0 Å². The lowest BCUT2D eigenvalue weighted by Gasteiger charge is -2.05. The molecule has 1 aromatic heterocycles. The zero-order chi connectivity index (χ0) is 12.5. The Hall–Kier alpha value is -1.51. The molecule has 0 radical (unpaired) electrons. The molecule has 2 aromatic carbocycles. The van der Waals surface area contributed by atoms with Crippen LogP contribution in [0, 0.1) is 0 Å². The summed E-state index contributed by atoms with van der Waals surface area (Å²) in [4.78, 5) is 4.34. The third-order valence-corrected chi connectivity index (χ3v) is 3.58. The van der Waals surface area contributed by atoms with E-state index >= 15 is 0 Å². The average molecular weight is 277 g/mol. The summed E-state index contributed by atoms with van der Waals surface area (Å²) >= 11 is 12.0. The van der Waals surface area contributed by atoms with Crippen LogP contribution in [0.2, 0.25) is 10.0 Å². The van der Waals surface area contributed by atoms with E-state index in [9.17, 15) is 0 Å². The second kappa shape index (κ2) is 4.63. The van der Waals surface area contributed by atoms with Crippen molar-refractivity contribution in [2.45, 2.75) is 6.54 Å². The van der Waals surface area contributed by atoms with Crippen LogP contribution in [-0.2, 0) is 6.54 Å². The van der Waals surface area contributed by atoms with Crippen molar-refractivity contribution >= 4 is 34.2 Å². The first kappa shape index (κ1) is 11.6. The predicted octanol–water partition coefficient (Wildman–Crippen LogP) is 4.39. The van der Waals surface area contributed by atoms with Crippen molar-refractivity contribution < 1.29 is 0 Å². The minimum absolute atomic E-state index is 0.536. The Morgan fingerprint density at radius 1 is 1.00 bits per heavy atom. The van der Waals surface area contributed by atoms with Gasteiger partial charge in [0, 0.05) is 6.54 Å². The van der Waals surface area contributed by atoms with Gasteiger partial charge < -0.3 is 4.57 Å². The first-order valence-electron chi connectivity index (χ1n) is 5.58. The van der Waals surface area contributed by atoms with E-state index in [1.165, 1.54) is 5.56 Å². The van der Waals surface area contributed by atoms with Crippen LogP contribution in [0.3, 0.4) is 0 Å². The summed E-state index contributed by atoms with van der Waals surface area (Å²) in [5.41, 5.74) is 3.08. The van der Waals surface area contributed by atoms with E-state index < -0.39 is 0 Å². The molecule has 18 heavy (non-hydrogen) atoms. The lowest BCUT2D eigenvalue weighted by Crippen LogP contribution is -1.97. The molecule has 0 spiro atoms. The first-order chi connectivity index (χ1) is 8.74. The van der Waals surface area contributed by atoms with Crippen LogP contribution >= 0.6 is 23.2 Å². The van der Waals surface area contributed by atoms with Gasteiger partial charge in [0.1, 0.15) is 0 Å². The molecule has 90 valence electrons. The van der Waals surface area contributed by atoms with Crippen molar-refractivity contribution in [3.63, 3.8) is 0 Å². The quantitative estimate of drug-likeness (QED) is 0.679. The number of aromatic nitrogens is 2. The Balaban J connectivity index is 2.05. The van der Waals surface area contributed by atoms with E-state index in [0.29, 0.717) is 10.0 Å². The maximum Gasteiger partial charge on any atom is 0.0961 e. The molecule has 0 aliphatic carbocycles. The van der Waals surface area contributed by atoms with Crippen molar-refractivity contribution in [1.29, 1.82) is 0 Å². The van der Waals surface area contributed by atoms with Crippen LogP contribution < -0.4 is 0 Å². The molecule has 1 heterocycles. The normalized spacial score (nSPS) is 11.0. The first-order valence-corrected chi connectivity index (χ1v) is 6.33. The molecule has 0 unspecified atom stereocenters. The van der Waals surface area contributed by atoms with Gasteiger partial charge in [-0.25, -0.2) is 4.98 Å². The molecule has 0 bridgehead atoms. The van der Waals surface area contributed by atoms with E-state index in [-0.39, 0.29) is 0 Å². The van der Waals surface area contributed by atoms with E-state index in [2.05, 4.69) is 21.7 Å². The zero-order valence-corrected chi connectivity index (χ0v) is 11.0. The predicted molar refractivity (Wildman–Crippen MR) is 75.3 cm³/mol. The second-order valence-corrected chi connectivity index (χ2v) is 4.93. The molecule has 3 rings (SSSR count). The fourth-order valence-corrected chi connectivity index (χ4v) is 2.28. The van der Waals surface area contributed by atoms with Crippen LogP contribution in [0.1, 0.15) is 5.56 Å². The summed E-state index contributed by atoms with van der Waals surface area (Å²) in [5, 5.41) is 1.09. The number of rotatable bonds is 2. The molecule has 0 amide bonds. The fourth-order valence-electron chi connectivity index (χ4n) is 1.96. The molecule has 4 heteroatoms. The van der Waals surface area contributed by atoms with Crippen LogP contribution in [0.25, 0.3) is 11.0 Å². The number of nitrogens with zero attached hydrogens (tertiary/aromatic N) is 2. The third-order valence-electron chi connectivity index (χ3n) is 2.86. The van der Waals surface area contributed by atoms with Gasteiger partial charge >= 0.3 is 0 Å². The van der Waals surface area contributed by atoms with Crippen LogP contribution in [0.15, 0.2) is 48.8 Å². The van der Waals surface area contributed by atoms with Gasteiger partial charge in [-0.3, -0.25) is 0 Å². The van der Waals surface area contributed by atoms with Crippen molar-refractivity contribution in [2.75, 3.05) is 0 Å². The van der Waals surface area contributed by atoms with Gasteiger partial charge in [-0.2, -0.15) is 0 Å². The van der Waals surface area contributed by atoms with Crippen molar-refractivity contribution in [1.82, 2.24) is 9.55 Å². The largest absolute Gasteiger partial charge is 0.326 e. The summed E-state index contributed by atoms with van der Waals surface area (Å²) in [5.74, 6) is 0. The smallest absolute Gasteiger partial charge is 0.0961 e. The molecule has 0 aliphatic heterocycles. The summed E-state index contributed by atoms with van der Waals surface area (Å²) in [6.45, 7) is 0.773. The molecule has 2 nitrogen and oxygen atoms in total. The Kier molecular flexibility index (Phi) is 2.98. The van der Waals surface area contributed by atoms with Crippen LogP contribution in [0.4, 0.5) is 0 Å². The molecule has 0 fully saturated rings. The van der Waals surface area contributed by atoms with Crippen LogP contribution in [0.5, 0.6) is 0 Å². The van der Waals surface area contributed by atoms with E-state index in [0.717, 1.165) is 17.6 Å². The SMILES string of the molecule is Clc1cc2ncn(Cc3ccccc3)c2cc1Cl. The summed E-state index contributed by atoms with van der Waals surface area (Å²) < 4.78 is 2.06. The summed E-state index contributed by atoms with van der Waals surface area (Å²) in [6, 6.07) is 13.9. The monoisotopic (exact) mass is 276 g/mol. The van der Waals surface area contributed by atoms with Gasteiger partial charge in [0.15, 0.2) is 0 Å². The lowest BCUT2D eigenvalue weighted by atomic mass is 10.2. The van der Waals surface area contributed by atoms with Gasteiger partial charge in [-0.05, 0) is 17.7 Å². The molecule has 0 saturated carbocycles. The minimum atomic E-state index is 0.536. The van der Waals surface area contributed by atoms with Gasteiger partial charge in [0.2, 0.25) is 0 Å². The standard InChI is InChI=1S/C14H10Cl2N2/c15-11-6-13-14(7-12(11)16)18(9-17-13)8-10-4-2-1-3-5-10/h1-7,9H,8H2. The van der Waals surface area contributed by atoms with Crippen molar-refractivity contribution in [3.05, 3.63) is 64.4 Å². The Labute approximate surface area is 115 Å². The summed E-state index contributed by atoms with van der Waals surface area (Å²) in [6.07, 6.45) is 1.81. The number of halogens is 2. The number of fused-ring (bicyclic) bond motifs is 1.